The molecule has 33 heavy (non-hydrogen) atoms. The first kappa shape index (κ1) is 22.6. The number of aromatic nitrogens is 2. The standard InChI is InChI=1S/C23H21F3N4O3/c24-23(25,26)13-33-20-4-2-1-3-17(20)18-9-14(10-27)11-30-12-19(29-21(18)30)22(32)28-15-5-7-16(31)8-6-15/h1-4,9,11-12,15-16,31H,5-8,13H2,(H,28,32)/t15-,16-. The Balaban J connectivity index is 1.69. The number of fused-ring (bicyclic) bond motifs is 1. The maximum absolute atomic E-state index is 12.8. The third-order valence-corrected chi connectivity index (χ3v) is 5.51. The van der Waals surface area contributed by atoms with Crippen LogP contribution in [0.1, 0.15) is 41.7 Å². The minimum Gasteiger partial charge on any atom is -0.483 e. The smallest absolute Gasteiger partial charge is 0.422 e. The van der Waals surface area contributed by atoms with Crippen molar-refractivity contribution in [1.29, 1.82) is 5.26 Å². The van der Waals surface area contributed by atoms with Crippen LogP contribution in [0.5, 0.6) is 5.75 Å². The van der Waals surface area contributed by atoms with Gasteiger partial charge in [0.1, 0.15) is 23.2 Å². The zero-order chi connectivity index (χ0) is 23.6. The molecule has 0 bridgehead atoms. The number of imidazole rings is 1. The van der Waals surface area contributed by atoms with Gasteiger partial charge < -0.3 is 19.6 Å². The van der Waals surface area contributed by atoms with E-state index in [4.69, 9.17) is 4.74 Å². The van der Waals surface area contributed by atoms with Crippen LogP contribution in [0.15, 0.2) is 42.7 Å². The van der Waals surface area contributed by atoms with Gasteiger partial charge in [0.25, 0.3) is 5.91 Å². The van der Waals surface area contributed by atoms with Gasteiger partial charge in [0.15, 0.2) is 6.61 Å². The highest BCUT2D eigenvalue weighted by atomic mass is 19.4. The number of carbonyl (C=O) groups excluding carboxylic acids is 1. The van der Waals surface area contributed by atoms with Gasteiger partial charge in [-0.3, -0.25) is 4.79 Å². The highest BCUT2D eigenvalue weighted by molar-refractivity contribution is 5.94. The van der Waals surface area contributed by atoms with Gasteiger partial charge in [-0.1, -0.05) is 18.2 Å². The zero-order valence-electron chi connectivity index (χ0n) is 17.5. The Morgan fingerprint density at radius 1 is 1.21 bits per heavy atom. The number of aliphatic hydroxyl groups excluding tert-OH is 1. The van der Waals surface area contributed by atoms with Crippen molar-refractivity contribution in [3.8, 4) is 22.9 Å². The number of nitrogens with one attached hydrogen (secondary N) is 1. The molecule has 2 aromatic heterocycles. The summed E-state index contributed by atoms with van der Waals surface area (Å²) in [6.45, 7) is -1.46. The molecule has 0 radical (unpaired) electrons. The molecule has 1 aromatic carbocycles. The average Bonchev–Trinajstić information content (AvgIpc) is 3.23. The fraction of sp³-hybridized carbons (Fsp3) is 0.348. The SMILES string of the molecule is N#Cc1cc(-c2ccccc2OCC(F)(F)F)c2nc(C(=O)N[C@H]3CC[C@H](O)CC3)cn2c1. The van der Waals surface area contributed by atoms with Crippen LogP contribution >= 0.6 is 0 Å². The molecule has 3 aromatic rings. The van der Waals surface area contributed by atoms with Gasteiger partial charge in [0.2, 0.25) is 0 Å². The molecule has 172 valence electrons. The van der Waals surface area contributed by atoms with Crippen LogP contribution in [0.3, 0.4) is 0 Å². The minimum atomic E-state index is -4.51. The van der Waals surface area contributed by atoms with E-state index in [1.165, 1.54) is 28.9 Å². The predicted molar refractivity (Wildman–Crippen MR) is 113 cm³/mol. The maximum atomic E-state index is 12.8. The van der Waals surface area contributed by atoms with Crippen LogP contribution in [0.2, 0.25) is 0 Å². The topological polar surface area (TPSA) is 99.6 Å². The molecule has 1 saturated carbocycles. The highest BCUT2D eigenvalue weighted by Crippen LogP contribution is 2.34. The number of amides is 1. The van der Waals surface area contributed by atoms with Crippen molar-refractivity contribution < 1.29 is 27.8 Å². The first-order valence-corrected chi connectivity index (χ1v) is 10.4. The second-order valence-electron chi connectivity index (χ2n) is 7.99. The number of benzene rings is 1. The van der Waals surface area contributed by atoms with Gasteiger partial charge in [0, 0.05) is 29.6 Å². The van der Waals surface area contributed by atoms with E-state index in [2.05, 4.69) is 10.3 Å². The number of para-hydroxylation sites is 1. The Morgan fingerprint density at radius 2 is 1.94 bits per heavy atom. The second-order valence-corrected chi connectivity index (χ2v) is 7.99. The largest absolute Gasteiger partial charge is 0.483 e. The molecule has 4 rings (SSSR count). The Hall–Kier alpha value is -3.58. The van der Waals surface area contributed by atoms with Crippen LogP contribution in [-0.4, -0.2) is 45.3 Å². The molecule has 0 aliphatic heterocycles. The molecule has 1 aliphatic carbocycles. The molecular formula is C23H21F3N4O3. The van der Waals surface area contributed by atoms with E-state index in [9.17, 15) is 28.3 Å². The van der Waals surface area contributed by atoms with Gasteiger partial charge in [-0.2, -0.15) is 18.4 Å². The molecule has 1 fully saturated rings. The van der Waals surface area contributed by atoms with Crippen LogP contribution in [-0.2, 0) is 0 Å². The number of carbonyl (C=O) groups is 1. The van der Waals surface area contributed by atoms with Gasteiger partial charge >= 0.3 is 6.18 Å². The summed E-state index contributed by atoms with van der Waals surface area (Å²) >= 11 is 0. The van der Waals surface area contributed by atoms with E-state index in [1.54, 1.807) is 18.2 Å². The third kappa shape index (κ3) is 5.26. The van der Waals surface area contributed by atoms with E-state index in [-0.39, 0.29) is 29.2 Å². The van der Waals surface area contributed by atoms with Crippen LogP contribution in [0.4, 0.5) is 13.2 Å². The van der Waals surface area contributed by atoms with Crippen molar-refractivity contribution >= 4 is 11.6 Å². The molecule has 1 amide bonds. The monoisotopic (exact) mass is 458 g/mol. The molecule has 2 N–H and O–H groups in total. The summed E-state index contributed by atoms with van der Waals surface area (Å²) in [6, 6.07) is 9.62. The summed E-state index contributed by atoms with van der Waals surface area (Å²) in [4.78, 5) is 17.2. The van der Waals surface area contributed by atoms with E-state index in [0.29, 0.717) is 42.5 Å². The van der Waals surface area contributed by atoms with Crippen molar-refractivity contribution in [3.63, 3.8) is 0 Å². The fourth-order valence-corrected chi connectivity index (χ4v) is 3.92. The van der Waals surface area contributed by atoms with Gasteiger partial charge in [0.05, 0.1) is 11.7 Å². The molecular weight excluding hydrogens is 437 g/mol. The summed E-state index contributed by atoms with van der Waals surface area (Å²) in [5.41, 5.74) is 1.36. The average molecular weight is 458 g/mol. The summed E-state index contributed by atoms with van der Waals surface area (Å²) in [5, 5.41) is 22.0. The number of ether oxygens (including phenoxy) is 1. The number of hydrogen-bond acceptors (Lipinski definition) is 5. The number of nitriles is 1. The highest BCUT2D eigenvalue weighted by Gasteiger charge is 2.29. The quantitative estimate of drug-likeness (QED) is 0.605. The van der Waals surface area contributed by atoms with Crippen molar-refractivity contribution in [2.75, 3.05) is 6.61 Å². The summed E-state index contributed by atoms with van der Waals surface area (Å²) in [7, 11) is 0. The number of halogens is 3. The summed E-state index contributed by atoms with van der Waals surface area (Å²) < 4.78 is 44.6. The zero-order valence-corrected chi connectivity index (χ0v) is 17.5. The Kier molecular flexibility index (Phi) is 6.24. The van der Waals surface area contributed by atoms with Crippen molar-refractivity contribution in [1.82, 2.24) is 14.7 Å². The van der Waals surface area contributed by atoms with Crippen molar-refractivity contribution in [2.45, 2.75) is 44.0 Å². The third-order valence-electron chi connectivity index (χ3n) is 5.51. The van der Waals surface area contributed by atoms with E-state index >= 15 is 0 Å². The number of alkyl halides is 3. The molecule has 1 aliphatic rings. The van der Waals surface area contributed by atoms with E-state index in [1.807, 2.05) is 6.07 Å². The fourth-order valence-electron chi connectivity index (χ4n) is 3.92. The number of aliphatic hydroxyl groups is 1. The number of nitrogens with zero attached hydrogens (tertiary/aromatic N) is 3. The van der Waals surface area contributed by atoms with E-state index < -0.39 is 18.7 Å². The second kappa shape index (κ2) is 9.11. The lowest BCUT2D eigenvalue weighted by molar-refractivity contribution is -0.153. The van der Waals surface area contributed by atoms with Gasteiger partial charge in [-0.05, 0) is 37.8 Å². The molecule has 0 saturated heterocycles. The maximum Gasteiger partial charge on any atom is 0.422 e. The lowest BCUT2D eigenvalue weighted by Gasteiger charge is -2.25. The summed E-state index contributed by atoms with van der Waals surface area (Å²) in [5.74, 6) is -0.410. The molecule has 10 heteroatoms. The molecule has 0 unspecified atom stereocenters. The number of rotatable bonds is 5. The lowest BCUT2D eigenvalue weighted by Crippen LogP contribution is -2.38. The molecule has 2 heterocycles. The number of pyridine rings is 1. The van der Waals surface area contributed by atoms with E-state index in [0.717, 1.165) is 0 Å². The van der Waals surface area contributed by atoms with Crippen molar-refractivity contribution in [3.05, 3.63) is 54.0 Å². The van der Waals surface area contributed by atoms with Crippen LogP contribution in [0, 0.1) is 11.3 Å². The predicted octanol–water partition coefficient (Wildman–Crippen LogP) is 3.85. The Bertz CT molecular complexity index is 1210. The van der Waals surface area contributed by atoms with Gasteiger partial charge in [-0.15, -0.1) is 0 Å². The first-order chi connectivity index (χ1) is 15.7. The molecule has 7 nitrogen and oxygen atoms in total. The van der Waals surface area contributed by atoms with Crippen LogP contribution < -0.4 is 10.1 Å². The first-order valence-electron chi connectivity index (χ1n) is 10.4. The lowest BCUT2D eigenvalue weighted by atomic mass is 9.93. The summed E-state index contributed by atoms with van der Waals surface area (Å²) in [6.07, 6.45) is 0.665. The number of hydrogen-bond donors (Lipinski definition) is 2. The Labute approximate surface area is 187 Å². The van der Waals surface area contributed by atoms with Gasteiger partial charge in [-0.25, -0.2) is 4.98 Å². The minimum absolute atomic E-state index is 0.0124. The molecule has 0 atom stereocenters. The molecule has 0 spiro atoms. The Morgan fingerprint density at radius 3 is 2.64 bits per heavy atom. The van der Waals surface area contributed by atoms with Crippen molar-refractivity contribution in [2.24, 2.45) is 0 Å². The van der Waals surface area contributed by atoms with Crippen LogP contribution in [0.25, 0.3) is 16.8 Å². The normalized spacial score (nSPS) is 18.6.